The minimum Gasteiger partial charge on any atom is -0.371 e. The van der Waals surface area contributed by atoms with Gasteiger partial charge in [0.15, 0.2) is 0 Å². The number of nitrogens with one attached hydrogen (secondary N) is 1. The Balaban J connectivity index is 2.01. The Labute approximate surface area is 104 Å². The van der Waals surface area contributed by atoms with E-state index in [0.29, 0.717) is 6.04 Å². The summed E-state index contributed by atoms with van der Waals surface area (Å²) in [6.07, 6.45) is 3.94. The second-order valence-electron chi connectivity index (χ2n) is 4.88. The third kappa shape index (κ3) is 3.30. The zero-order chi connectivity index (χ0) is 12.1. The monoisotopic (exact) mass is 233 g/mol. The summed E-state index contributed by atoms with van der Waals surface area (Å²) < 4.78 is 5.83. The van der Waals surface area contributed by atoms with Gasteiger partial charge < -0.3 is 10.1 Å². The molecule has 1 saturated heterocycles. The second kappa shape index (κ2) is 6.18. The Hall–Kier alpha value is -0.860. The maximum Gasteiger partial charge on any atom is 0.0975 e. The van der Waals surface area contributed by atoms with Crippen molar-refractivity contribution in [3.8, 4) is 0 Å². The average molecular weight is 233 g/mol. The molecule has 0 saturated carbocycles. The molecular formula is C15H23NO. The van der Waals surface area contributed by atoms with Crippen LogP contribution in [0.15, 0.2) is 24.3 Å². The van der Waals surface area contributed by atoms with Crippen molar-refractivity contribution in [2.24, 2.45) is 0 Å². The van der Waals surface area contributed by atoms with E-state index in [1.54, 1.807) is 0 Å². The van der Waals surface area contributed by atoms with Crippen LogP contribution in [0, 0.1) is 0 Å². The number of aryl methyl sites for hydroxylation is 1. The maximum atomic E-state index is 5.83. The van der Waals surface area contributed by atoms with E-state index >= 15 is 0 Å². The summed E-state index contributed by atoms with van der Waals surface area (Å²) in [6.45, 7) is 6.20. The van der Waals surface area contributed by atoms with Crippen molar-refractivity contribution in [1.82, 2.24) is 5.32 Å². The van der Waals surface area contributed by atoms with Crippen molar-refractivity contribution in [1.29, 1.82) is 0 Å². The van der Waals surface area contributed by atoms with Gasteiger partial charge >= 0.3 is 0 Å². The fourth-order valence-electron chi connectivity index (χ4n) is 2.36. The highest BCUT2D eigenvalue weighted by Gasteiger charge is 2.22. The molecule has 0 amide bonds. The topological polar surface area (TPSA) is 21.3 Å². The zero-order valence-electron chi connectivity index (χ0n) is 10.9. The normalized spacial score (nSPS) is 24.8. The standard InChI is InChI=1S/C15H23NO/c1-3-4-5-13-6-8-14(9-7-13)15-12(2)16-10-11-17-15/h6-9,12,15-16H,3-5,10-11H2,1-2H3. The van der Waals surface area contributed by atoms with Gasteiger partial charge in [0.25, 0.3) is 0 Å². The van der Waals surface area contributed by atoms with Crippen LogP contribution in [0.2, 0.25) is 0 Å². The lowest BCUT2D eigenvalue weighted by Gasteiger charge is -2.30. The number of benzene rings is 1. The summed E-state index contributed by atoms with van der Waals surface area (Å²) in [6, 6.07) is 9.34. The fourth-order valence-corrected chi connectivity index (χ4v) is 2.36. The molecule has 1 aromatic carbocycles. The van der Waals surface area contributed by atoms with Gasteiger partial charge in [-0.2, -0.15) is 0 Å². The van der Waals surface area contributed by atoms with Gasteiger partial charge in [-0.3, -0.25) is 0 Å². The van der Waals surface area contributed by atoms with E-state index in [1.807, 2.05) is 0 Å². The predicted octanol–water partition coefficient (Wildman–Crippen LogP) is 3.08. The highest BCUT2D eigenvalue weighted by molar-refractivity contribution is 5.25. The molecule has 2 atom stereocenters. The lowest BCUT2D eigenvalue weighted by Crippen LogP contribution is -2.41. The van der Waals surface area contributed by atoms with E-state index in [4.69, 9.17) is 4.74 Å². The minimum atomic E-state index is 0.212. The molecule has 0 aromatic heterocycles. The van der Waals surface area contributed by atoms with Gasteiger partial charge in [0.1, 0.15) is 0 Å². The first-order valence-electron chi connectivity index (χ1n) is 6.75. The first-order chi connectivity index (χ1) is 8.31. The van der Waals surface area contributed by atoms with Crippen LogP contribution in [0.25, 0.3) is 0 Å². The van der Waals surface area contributed by atoms with Gasteiger partial charge in [-0.15, -0.1) is 0 Å². The van der Waals surface area contributed by atoms with Crippen LogP contribution < -0.4 is 5.32 Å². The molecule has 2 nitrogen and oxygen atoms in total. The molecule has 0 radical (unpaired) electrons. The minimum absolute atomic E-state index is 0.212. The smallest absolute Gasteiger partial charge is 0.0975 e. The molecule has 94 valence electrons. The van der Waals surface area contributed by atoms with Gasteiger partial charge in [-0.1, -0.05) is 37.6 Å². The number of unbranched alkanes of at least 4 members (excludes halogenated alkanes) is 1. The lowest BCUT2D eigenvalue weighted by molar-refractivity contribution is -0.000230. The van der Waals surface area contributed by atoms with E-state index in [-0.39, 0.29) is 6.10 Å². The fraction of sp³-hybridized carbons (Fsp3) is 0.600. The molecule has 1 fully saturated rings. The molecule has 17 heavy (non-hydrogen) atoms. The van der Waals surface area contributed by atoms with Crippen LogP contribution in [0.1, 0.15) is 43.9 Å². The van der Waals surface area contributed by atoms with E-state index in [0.717, 1.165) is 13.2 Å². The van der Waals surface area contributed by atoms with Crippen LogP contribution in [0.5, 0.6) is 0 Å². The van der Waals surface area contributed by atoms with Crippen molar-refractivity contribution in [3.05, 3.63) is 35.4 Å². The first kappa shape index (κ1) is 12.6. The third-order valence-corrected chi connectivity index (χ3v) is 3.45. The largest absolute Gasteiger partial charge is 0.371 e. The molecule has 1 N–H and O–H groups in total. The second-order valence-corrected chi connectivity index (χ2v) is 4.88. The lowest BCUT2D eigenvalue weighted by atomic mass is 9.99. The van der Waals surface area contributed by atoms with Crippen molar-refractivity contribution < 1.29 is 4.74 Å². The number of ether oxygens (including phenoxy) is 1. The van der Waals surface area contributed by atoms with Crippen LogP contribution in [-0.4, -0.2) is 19.2 Å². The number of morpholine rings is 1. The summed E-state index contributed by atoms with van der Waals surface area (Å²) in [4.78, 5) is 0. The number of hydrogen-bond donors (Lipinski definition) is 1. The molecule has 0 spiro atoms. The highest BCUT2D eigenvalue weighted by atomic mass is 16.5. The number of rotatable bonds is 4. The van der Waals surface area contributed by atoms with Crippen LogP contribution >= 0.6 is 0 Å². The number of hydrogen-bond acceptors (Lipinski definition) is 2. The van der Waals surface area contributed by atoms with E-state index in [1.165, 1.54) is 30.4 Å². The van der Waals surface area contributed by atoms with E-state index in [2.05, 4.69) is 43.4 Å². The molecule has 1 aromatic rings. The molecule has 0 aliphatic carbocycles. The van der Waals surface area contributed by atoms with Gasteiger partial charge in [0, 0.05) is 12.6 Å². The Morgan fingerprint density at radius 2 is 2.06 bits per heavy atom. The van der Waals surface area contributed by atoms with Crippen molar-refractivity contribution in [2.45, 2.75) is 45.3 Å². The maximum absolute atomic E-state index is 5.83. The predicted molar refractivity (Wildman–Crippen MR) is 71.2 cm³/mol. The Bertz CT molecular complexity index is 333. The summed E-state index contributed by atoms with van der Waals surface area (Å²) in [5, 5.41) is 3.45. The highest BCUT2D eigenvalue weighted by Crippen LogP contribution is 2.24. The molecule has 2 unspecified atom stereocenters. The molecule has 1 aliphatic rings. The van der Waals surface area contributed by atoms with Crippen LogP contribution in [0.4, 0.5) is 0 Å². The van der Waals surface area contributed by atoms with Gasteiger partial charge in [0.05, 0.1) is 12.7 Å². The molecular weight excluding hydrogens is 210 g/mol. The quantitative estimate of drug-likeness (QED) is 0.863. The molecule has 2 heteroatoms. The van der Waals surface area contributed by atoms with E-state index in [9.17, 15) is 0 Å². The van der Waals surface area contributed by atoms with Gasteiger partial charge in [-0.25, -0.2) is 0 Å². The molecule has 2 rings (SSSR count). The first-order valence-corrected chi connectivity index (χ1v) is 6.75. The zero-order valence-corrected chi connectivity index (χ0v) is 10.9. The van der Waals surface area contributed by atoms with Crippen LogP contribution in [-0.2, 0) is 11.2 Å². The Morgan fingerprint density at radius 1 is 1.29 bits per heavy atom. The van der Waals surface area contributed by atoms with Gasteiger partial charge in [-0.05, 0) is 30.9 Å². The SMILES string of the molecule is CCCCc1ccc(C2OCCNC2C)cc1. The van der Waals surface area contributed by atoms with Crippen molar-refractivity contribution in [2.75, 3.05) is 13.2 Å². The van der Waals surface area contributed by atoms with Crippen LogP contribution in [0.3, 0.4) is 0 Å². The molecule has 1 heterocycles. The third-order valence-electron chi connectivity index (χ3n) is 3.45. The van der Waals surface area contributed by atoms with E-state index < -0.39 is 0 Å². The molecule has 0 bridgehead atoms. The van der Waals surface area contributed by atoms with Crippen molar-refractivity contribution >= 4 is 0 Å². The average Bonchev–Trinajstić information content (AvgIpc) is 2.38. The van der Waals surface area contributed by atoms with Crippen molar-refractivity contribution in [3.63, 3.8) is 0 Å². The summed E-state index contributed by atoms with van der Waals surface area (Å²) >= 11 is 0. The Kier molecular flexibility index (Phi) is 4.57. The summed E-state index contributed by atoms with van der Waals surface area (Å²) in [5.41, 5.74) is 2.73. The summed E-state index contributed by atoms with van der Waals surface area (Å²) in [5.74, 6) is 0. The Morgan fingerprint density at radius 3 is 2.71 bits per heavy atom. The molecule has 1 aliphatic heterocycles. The van der Waals surface area contributed by atoms with Gasteiger partial charge in [0.2, 0.25) is 0 Å². The summed E-state index contributed by atoms with van der Waals surface area (Å²) in [7, 11) is 0.